The molecule has 2 heterocycles. The first-order chi connectivity index (χ1) is 13.2. The highest BCUT2D eigenvalue weighted by Gasteiger charge is 2.19. The fourth-order valence-electron chi connectivity index (χ4n) is 2.37. The minimum absolute atomic E-state index is 0.00692. The van der Waals surface area contributed by atoms with Gasteiger partial charge in [-0.2, -0.15) is 4.98 Å². The number of anilines is 1. The van der Waals surface area contributed by atoms with E-state index >= 15 is 0 Å². The molecule has 5 N–H and O–H groups in total. The van der Waals surface area contributed by atoms with E-state index in [1.807, 2.05) is 0 Å². The van der Waals surface area contributed by atoms with E-state index in [0.29, 0.717) is 18.6 Å². The van der Waals surface area contributed by atoms with Crippen LogP contribution in [0.25, 0.3) is 11.2 Å². The lowest BCUT2D eigenvalue weighted by Gasteiger charge is -2.19. The van der Waals surface area contributed by atoms with E-state index in [-0.39, 0.29) is 42.5 Å². The molecule has 0 aromatic carbocycles. The van der Waals surface area contributed by atoms with Crippen LogP contribution in [0.2, 0.25) is 0 Å². The van der Waals surface area contributed by atoms with Crippen molar-refractivity contribution < 1.29 is 19.1 Å². The normalized spacial score (nSPS) is 13.5. The molecule has 154 valence electrons. The van der Waals surface area contributed by atoms with Crippen LogP contribution in [-0.4, -0.2) is 50.7 Å². The van der Waals surface area contributed by atoms with Gasteiger partial charge in [0.25, 0.3) is 5.56 Å². The zero-order valence-corrected chi connectivity index (χ0v) is 16.2. The summed E-state index contributed by atoms with van der Waals surface area (Å²) in [5.74, 6) is -1.40. The summed E-state index contributed by atoms with van der Waals surface area (Å²) >= 11 is 0. The molecule has 0 aliphatic rings. The number of nitrogens with zero attached hydrogens (tertiary/aromatic N) is 3. The molecule has 2 atom stereocenters. The Balaban J connectivity index is 2.07. The number of esters is 2. The second kappa shape index (κ2) is 9.31. The fraction of sp³-hybridized carbons (Fsp3) is 0.588. The van der Waals surface area contributed by atoms with Crippen LogP contribution in [0.4, 0.5) is 5.95 Å². The van der Waals surface area contributed by atoms with Crippen molar-refractivity contribution >= 4 is 29.1 Å². The number of H-pyrrole nitrogens is 1. The third-order valence-corrected chi connectivity index (χ3v) is 4.04. The van der Waals surface area contributed by atoms with Gasteiger partial charge in [0, 0.05) is 12.5 Å². The van der Waals surface area contributed by atoms with Gasteiger partial charge in [0.05, 0.1) is 25.5 Å². The van der Waals surface area contributed by atoms with Crippen molar-refractivity contribution in [3.8, 4) is 0 Å². The first-order valence-electron chi connectivity index (χ1n) is 8.98. The fourth-order valence-corrected chi connectivity index (χ4v) is 2.37. The van der Waals surface area contributed by atoms with Crippen LogP contribution in [0.15, 0.2) is 11.1 Å². The lowest BCUT2D eigenvalue weighted by atomic mass is 10.1. The third-order valence-electron chi connectivity index (χ3n) is 4.04. The van der Waals surface area contributed by atoms with Crippen LogP contribution in [0, 0.1) is 11.8 Å². The second-order valence-electron chi connectivity index (χ2n) is 6.92. The molecule has 0 saturated carbocycles. The van der Waals surface area contributed by atoms with Gasteiger partial charge in [-0.3, -0.25) is 19.4 Å². The number of carbonyl (C=O) groups excluding carboxylic acids is 2. The number of nitrogens with one attached hydrogen (secondary N) is 1. The highest BCUT2D eigenvalue weighted by Crippen LogP contribution is 2.13. The summed E-state index contributed by atoms with van der Waals surface area (Å²) in [6, 6.07) is -0.740. The number of nitrogen functional groups attached to an aromatic ring is 1. The Kier molecular flexibility index (Phi) is 7.10. The van der Waals surface area contributed by atoms with Crippen LogP contribution < -0.4 is 17.0 Å². The van der Waals surface area contributed by atoms with Gasteiger partial charge in [-0.05, 0) is 13.3 Å². The van der Waals surface area contributed by atoms with Crippen molar-refractivity contribution in [1.29, 1.82) is 0 Å². The molecule has 2 aromatic heterocycles. The molecular formula is C17H26N6O5. The number of nitrogens with two attached hydrogens (primary N) is 2. The van der Waals surface area contributed by atoms with Gasteiger partial charge in [-0.1, -0.05) is 13.8 Å². The molecule has 0 bridgehead atoms. The van der Waals surface area contributed by atoms with E-state index in [0.717, 1.165) is 0 Å². The van der Waals surface area contributed by atoms with Crippen molar-refractivity contribution in [2.75, 3.05) is 18.9 Å². The van der Waals surface area contributed by atoms with Crippen LogP contribution in [0.5, 0.6) is 0 Å². The molecule has 0 radical (unpaired) electrons. The van der Waals surface area contributed by atoms with Gasteiger partial charge >= 0.3 is 11.9 Å². The summed E-state index contributed by atoms with van der Waals surface area (Å²) in [6.07, 6.45) is 1.97. The molecule has 0 spiro atoms. The Hall–Kier alpha value is -2.95. The maximum Gasteiger partial charge on any atom is 0.322 e. The average molecular weight is 394 g/mol. The Morgan fingerprint density at radius 2 is 1.86 bits per heavy atom. The Bertz CT molecular complexity index is 864. The molecular weight excluding hydrogens is 368 g/mol. The lowest BCUT2D eigenvalue weighted by molar-refractivity contribution is -0.151. The van der Waals surface area contributed by atoms with Crippen LogP contribution in [-0.2, 0) is 25.6 Å². The van der Waals surface area contributed by atoms with Gasteiger partial charge < -0.3 is 25.5 Å². The number of hydrogen-bond donors (Lipinski definition) is 3. The largest absolute Gasteiger partial charge is 0.465 e. The van der Waals surface area contributed by atoms with Gasteiger partial charge in [-0.25, -0.2) is 4.98 Å². The summed E-state index contributed by atoms with van der Waals surface area (Å²) in [4.78, 5) is 45.8. The number of hydrogen-bond acceptors (Lipinski definition) is 9. The molecule has 0 aliphatic carbocycles. The number of aromatic nitrogens is 4. The minimum atomic E-state index is -0.740. The van der Waals surface area contributed by atoms with Crippen LogP contribution in [0.1, 0.15) is 27.2 Å². The van der Waals surface area contributed by atoms with E-state index in [2.05, 4.69) is 15.0 Å². The molecule has 0 saturated heterocycles. The maximum atomic E-state index is 11.9. The highest BCUT2D eigenvalue weighted by atomic mass is 16.5. The van der Waals surface area contributed by atoms with E-state index < -0.39 is 17.6 Å². The topological polar surface area (TPSA) is 168 Å². The Labute approximate surface area is 161 Å². The first kappa shape index (κ1) is 21.4. The van der Waals surface area contributed by atoms with E-state index in [1.54, 1.807) is 18.4 Å². The zero-order chi connectivity index (χ0) is 20.8. The van der Waals surface area contributed by atoms with E-state index in [1.165, 1.54) is 13.3 Å². The number of rotatable bonds is 9. The molecule has 0 amide bonds. The van der Waals surface area contributed by atoms with Crippen molar-refractivity contribution in [1.82, 2.24) is 19.5 Å². The van der Waals surface area contributed by atoms with Gasteiger partial charge in [0.1, 0.15) is 6.04 Å². The predicted molar refractivity (Wildman–Crippen MR) is 101 cm³/mol. The minimum Gasteiger partial charge on any atom is -0.465 e. The first-order valence-corrected chi connectivity index (χ1v) is 8.98. The zero-order valence-electron chi connectivity index (χ0n) is 16.2. The number of aromatic amines is 1. The van der Waals surface area contributed by atoms with Crippen molar-refractivity contribution in [2.45, 2.75) is 39.8 Å². The highest BCUT2D eigenvalue weighted by molar-refractivity contribution is 5.75. The number of ether oxygens (including phenoxy) is 2. The number of aryl methyl sites for hydroxylation is 1. The van der Waals surface area contributed by atoms with E-state index in [9.17, 15) is 14.4 Å². The molecule has 2 rings (SSSR count). The Morgan fingerprint density at radius 3 is 2.46 bits per heavy atom. The van der Waals surface area contributed by atoms with Crippen LogP contribution >= 0.6 is 0 Å². The SMILES string of the molecule is CC(C)C(=O)OCC(CCn1cnc2c(=O)[nH]c(N)nc21)COC(=O)[C@H](C)N. The molecule has 11 heteroatoms. The standard InChI is InChI=1S/C17H26N6O5/c1-9(2)15(25)27-6-11(7-28-16(26)10(3)18)4-5-23-8-20-12-13(23)21-17(19)22-14(12)24/h8-11H,4-7,18H2,1-3H3,(H3,19,21,22,24)/t10-,11?/m0/s1. The van der Waals surface area contributed by atoms with Crippen LogP contribution in [0.3, 0.4) is 0 Å². The summed E-state index contributed by atoms with van der Waals surface area (Å²) in [5.41, 5.74) is 11.2. The number of carbonyl (C=O) groups is 2. The number of imidazole rings is 1. The maximum absolute atomic E-state index is 11.9. The molecule has 1 unspecified atom stereocenters. The third kappa shape index (κ3) is 5.52. The summed E-state index contributed by atoms with van der Waals surface area (Å²) < 4.78 is 12.1. The summed E-state index contributed by atoms with van der Waals surface area (Å²) in [5, 5.41) is 0. The molecule has 0 aliphatic heterocycles. The molecule has 11 nitrogen and oxygen atoms in total. The monoisotopic (exact) mass is 394 g/mol. The van der Waals surface area contributed by atoms with Crippen molar-refractivity contribution in [2.24, 2.45) is 17.6 Å². The lowest BCUT2D eigenvalue weighted by Crippen LogP contribution is -2.31. The number of fused-ring (bicyclic) bond motifs is 1. The predicted octanol–water partition coefficient (Wildman–Crippen LogP) is -0.202. The van der Waals surface area contributed by atoms with E-state index in [4.69, 9.17) is 20.9 Å². The molecule has 28 heavy (non-hydrogen) atoms. The smallest absolute Gasteiger partial charge is 0.322 e. The van der Waals surface area contributed by atoms with Gasteiger partial charge in [0.15, 0.2) is 11.2 Å². The van der Waals surface area contributed by atoms with Gasteiger partial charge in [-0.15, -0.1) is 0 Å². The summed E-state index contributed by atoms with van der Waals surface area (Å²) in [6.45, 7) is 5.55. The Morgan fingerprint density at radius 1 is 1.21 bits per heavy atom. The quantitative estimate of drug-likeness (QED) is 0.487. The van der Waals surface area contributed by atoms with Crippen molar-refractivity contribution in [3.05, 3.63) is 16.7 Å². The van der Waals surface area contributed by atoms with Crippen molar-refractivity contribution in [3.63, 3.8) is 0 Å². The second-order valence-corrected chi connectivity index (χ2v) is 6.92. The molecule has 2 aromatic rings. The summed E-state index contributed by atoms with van der Waals surface area (Å²) in [7, 11) is 0. The van der Waals surface area contributed by atoms with Gasteiger partial charge in [0.2, 0.25) is 5.95 Å². The average Bonchev–Trinajstić information content (AvgIpc) is 3.03. The molecule has 0 fully saturated rings.